The molecule has 2 heterocycles. The molecule has 1 aromatic heterocycles. The highest BCUT2D eigenvalue weighted by Gasteiger charge is 2.19. The van der Waals surface area contributed by atoms with Crippen LogP contribution in [0.5, 0.6) is 11.5 Å². The maximum absolute atomic E-state index is 12.3. The van der Waals surface area contributed by atoms with Crippen molar-refractivity contribution < 1.29 is 19.1 Å². The fourth-order valence-electron chi connectivity index (χ4n) is 2.44. The van der Waals surface area contributed by atoms with E-state index < -0.39 is 11.8 Å². The van der Waals surface area contributed by atoms with Crippen LogP contribution in [-0.4, -0.2) is 18.6 Å². The number of thiophene rings is 1. The summed E-state index contributed by atoms with van der Waals surface area (Å²) in [5.41, 5.74) is 5.10. The van der Waals surface area contributed by atoms with Gasteiger partial charge in [0, 0.05) is 15.6 Å². The van der Waals surface area contributed by atoms with Gasteiger partial charge in [-0.2, -0.15) is 0 Å². The van der Waals surface area contributed by atoms with Crippen molar-refractivity contribution in [2.24, 2.45) is 0 Å². The first-order valence-corrected chi connectivity index (χ1v) is 8.50. The van der Waals surface area contributed by atoms with E-state index in [1.165, 1.54) is 11.3 Å². The molecule has 3 aromatic rings. The Balaban J connectivity index is 1.47. The number of amides is 2. The van der Waals surface area contributed by atoms with Gasteiger partial charge in [0.25, 0.3) is 11.8 Å². The molecule has 4 rings (SSSR count). The molecule has 0 spiro atoms. The lowest BCUT2D eigenvalue weighted by atomic mass is 10.2. The number of nitrogens with one attached hydrogen (secondary N) is 2. The van der Waals surface area contributed by atoms with Gasteiger partial charge in [-0.05, 0) is 24.3 Å². The van der Waals surface area contributed by atoms with E-state index in [-0.39, 0.29) is 6.79 Å². The number of fused-ring (bicyclic) bond motifs is 2. The van der Waals surface area contributed by atoms with E-state index >= 15 is 0 Å². The summed E-state index contributed by atoms with van der Waals surface area (Å²) in [6.45, 7) is 0.127. The van der Waals surface area contributed by atoms with E-state index in [2.05, 4.69) is 10.9 Å². The van der Waals surface area contributed by atoms with Crippen LogP contribution in [0.1, 0.15) is 20.0 Å². The number of carbonyl (C=O) groups excluding carboxylic acids is 2. The maximum atomic E-state index is 12.3. The Morgan fingerprint density at radius 3 is 2.60 bits per heavy atom. The van der Waals surface area contributed by atoms with E-state index in [0.29, 0.717) is 27.0 Å². The van der Waals surface area contributed by atoms with Crippen LogP contribution in [-0.2, 0) is 0 Å². The summed E-state index contributed by atoms with van der Waals surface area (Å²) in [6.07, 6.45) is 0. The normalized spacial score (nSPS) is 12.2. The summed E-state index contributed by atoms with van der Waals surface area (Å²) >= 11 is 7.52. The number of hydrogen-bond acceptors (Lipinski definition) is 5. The molecule has 2 N–H and O–H groups in total. The lowest BCUT2D eigenvalue weighted by Gasteiger charge is -2.07. The van der Waals surface area contributed by atoms with Crippen LogP contribution >= 0.6 is 22.9 Å². The molecular formula is C17H11ClN2O4S. The molecule has 0 unspecified atom stereocenters. The average Bonchev–Trinajstić information content (AvgIpc) is 3.23. The summed E-state index contributed by atoms with van der Waals surface area (Å²) in [6, 6.07) is 12.2. The molecule has 126 valence electrons. The van der Waals surface area contributed by atoms with Crippen molar-refractivity contribution >= 4 is 44.8 Å². The highest BCUT2D eigenvalue weighted by molar-refractivity contribution is 7.21. The van der Waals surface area contributed by atoms with Gasteiger partial charge < -0.3 is 9.47 Å². The van der Waals surface area contributed by atoms with Crippen LogP contribution in [0.25, 0.3) is 10.1 Å². The number of benzene rings is 2. The second kappa shape index (κ2) is 6.27. The molecule has 25 heavy (non-hydrogen) atoms. The van der Waals surface area contributed by atoms with Crippen LogP contribution < -0.4 is 20.3 Å². The number of ether oxygens (including phenoxy) is 2. The predicted molar refractivity (Wildman–Crippen MR) is 94.3 cm³/mol. The SMILES string of the molecule is O=C(NNC(=O)c1sc2ccccc2c1Cl)c1ccc2c(c1)OCO2. The summed E-state index contributed by atoms with van der Waals surface area (Å²) in [7, 11) is 0. The van der Waals surface area contributed by atoms with Crippen LogP contribution in [0.4, 0.5) is 0 Å². The van der Waals surface area contributed by atoms with Gasteiger partial charge >= 0.3 is 0 Å². The van der Waals surface area contributed by atoms with Crippen molar-refractivity contribution in [3.63, 3.8) is 0 Å². The average molecular weight is 375 g/mol. The molecule has 1 aliphatic heterocycles. The molecule has 2 aromatic carbocycles. The first kappa shape index (κ1) is 15.7. The maximum Gasteiger partial charge on any atom is 0.281 e. The first-order chi connectivity index (χ1) is 12.1. The van der Waals surface area contributed by atoms with Crippen LogP contribution in [0.3, 0.4) is 0 Å². The van der Waals surface area contributed by atoms with Gasteiger partial charge in [-0.3, -0.25) is 20.4 Å². The topological polar surface area (TPSA) is 76.7 Å². The third kappa shape index (κ3) is 2.88. The van der Waals surface area contributed by atoms with Crippen molar-refractivity contribution in [3.05, 3.63) is 57.9 Å². The molecular weight excluding hydrogens is 364 g/mol. The molecule has 8 heteroatoms. The Labute approximate surface area is 151 Å². The molecule has 0 aliphatic carbocycles. The van der Waals surface area contributed by atoms with Crippen molar-refractivity contribution in [3.8, 4) is 11.5 Å². The van der Waals surface area contributed by atoms with E-state index in [1.807, 2.05) is 24.3 Å². The number of hydrogen-bond donors (Lipinski definition) is 2. The van der Waals surface area contributed by atoms with Crippen LogP contribution in [0.15, 0.2) is 42.5 Å². The second-order valence-electron chi connectivity index (χ2n) is 5.22. The molecule has 2 amide bonds. The Morgan fingerprint density at radius 2 is 1.76 bits per heavy atom. The van der Waals surface area contributed by atoms with E-state index in [9.17, 15) is 9.59 Å². The highest BCUT2D eigenvalue weighted by Crippen LogP contribution is 2.35. The van der Waals surface area contributed by atoms with Gasteiger partial charge in [-0.25, -0.2) is 0 Å². The Morgan fingerprint density at radius 1 is 1.00 bits per heavy atom. The summed E-state index contributed by atoms with van der Waals surface area (Å²) in [4.78, 5) is 24.8. The largest absolute Gasteiger partial charge is 0.454 e. The smallest absolute Gasteiger partial charge is 0.281 e. The summed E-state index contributed by atoms with van der Waals surface area (Å²) < 4.78 is 11.3. The zero-order chi connectivity index (χ0) is 17.4. The number of rotatable bonds is 2. The van der Waals surface area contributed by atoms with Crippen molar-refractivity contribution in [2.45, 2.75) is 0 Å². The predicted octanol–water partition coefficient (Wildman–Crippen LogP) is 3.36. The Hall–Kier alpha value is -2.77. The first-order valence-electron chi connectivity index (χ1n) is 7.31. The van der Waals surface area contributed by atoms with E-state index in [0.717, 1.165) is 10.1 Å². The van der Waals surface area contributed by atoms with E-state index in [4.69, 9.17) is 21.1 Å². The minimum Gasteiger partial charge on any atom is -0.454 e. The van der Waals surface area contributed by atoms with Crippen molar-refractivity contribution in [2.75, 3.05) is 6.79 Å². The number of carbonyl (C=O) groups is 2. The molecule has 0 saturated heterocycles. The molecule has 0 radical (unpaired) electrons. The highest BCUT2D eigenvalue weighted by atomic mass is 35.5. The third-order valence-electron chi connectivity index (χ3n) is 3.67. The van der Waals surface area contributed by atoms with Gasteiger partial charge in [-0.15, -0.1) is 11.3 Å². The lowest BCUT2D eigenvalue weighted by molar-refractivity contribution is 0.0849. The quantitative estimate of drug-likeness (QED) is 0.674. The molecule has 1 aliphatic rings. The van der Waals surface area contributed by atoms with Crippen molar-refractivity contribution in [1.29, 1.82) is 0 Å². The second-order valence-corrected chi connectivity index (χ2v) is 6.65. The molecule has 0 saturated carbocycles. The Kier molecular flexibility index (Phi) is 3.95. The van der Waals surface area contributed by atoms with Gasteiger partial charge in [0.05, 0.1) is 5.02 Å². The number of halogens is 1. The van der Waals surface area contributed by atoms with E-state index in [1.54, 1.807) is 18.2 Å². The zero-order valence-corrected chi connectivity index (χ0v) is 14.2. The van der Waals surface area contributed by atoms with Gasteiger partial charge in [0.2, 0.25) is 6.79 Å². The van der Waals surface area contributed by atoms with Crippen molar-refractivity contribution in [1.82, 2.24) is 10.9 Å². The Bertz CT molecular complexity index is 1000. The molecule has 6 nitrogen and oxygen atoms in total. The van der Waals surface area contributed by atoms with Gasteiger partial charge in [0.1, 0.15) is 4.88 Å². The monoisotopic (exact) mass is 374 g/mol. The molecule has 0 atom stereocenters. The van der Waals surface area contributed by atoms with Gasteiger partial charge in [0.15, 0.2) is 11.5 Å². The zero-order valence-electron chi connectivity index (χ0n) is 12.7. The fourth-order valence-corrected chi connectivity index (χ4v) is 3.85. The third-order valence-corrected chi connectivity index (χ3v) is 5.34. The molecule has 0 bridgehead atoms. The minimum absolute atomic E-state index is 0.127. The fraction of sp³-hybridized carbons (Fsp3) is 0.0588. The van der Waals surface area contributed by atoms with Gasteiger partial charge in [-0.1, -0.05) is 29.8 Å². The summed E-state index contributed by atoms with van der Waals surface area (Å²) in [5.74, 6) is 0.133. The van der Waals surface area contributed by atoms with Crippen LogP contribution in [0.2, 0.25) is 5.02 Å². The molecule has 0 fully saturated rings. The minimum atomic E-state index is -0.472. The summed E-state index contributed by atoms with van der Waals surface area (Å²) in [5, 5.41) is 1.18. The standard InChI is InChI=1S/C17H11ClN2O4S/c18-14-10-3-1-2-4-13(10)25-15(14)17(22)20-19-16(21)9-5-6-11-12(7-9)24-8-23-11/h1-7H,8H2,(H,19,21)(H,20,22). The van der Waals surface area contributed by atoms with Crippen LogP contribution in [0, 0.1) is 0 Å². The number of hydrazine groups is 1. The lowest BCUT2D eigenvalue weighted by Crippen LogP contribution is -2.41.